The van der Waals surface area contributed by atoms with Crippen LogP contribution in [0.25, 0.3) is 11.8 Å². The number of esters is 1. The molecule has 0 unspecified atom stereocenters. The Morgan fingerprint density at radius 2 is 1.69 bits per heavy atom. The zero-order chi connectivity index (χ0) is 34.3. The van der Waals surface area contributed by atoms with Gasteiger partial charge in [0.2, 0.25) is 0 Å². The predicted molar refractivity (Wildman–Crippen MR) is 187 cm³/mol. The maximum atomic E-state index is 14.4. The first-order valence-electron chi connectivity index (χ1n) is 15.8. The van der Waals surface area contributed by atoms with Gasteiger partial charge in [0.1, 0.15) is 12.4 Å². The van der Waals surface area contributed by atoms with Gasteiger partial charge in [-0.05, 0) is 61.4 Å². The SMILES string of the molecule is CCOC(=O)C1=C(c2ccccc2)N=c2s/c(=C\c3cccc(OC)c3OCc3ccc(C#N)cc3)c(=O)n2[C@H]1c1ccc(OCC)cc1. The molecule has 0 saturated heterocycles. The summed E-state index contributed by atoms with van der Waals surface area (Å²) in [6.45, 7) is 4.54. The number of nitrogens with zero attached hydrogens (tertiary/aromatic N) is 3. The molecule has 246 valence electrons. The Morgan fingerprint density at radius 3 is 2.37 bits per heavy atom. The standard InChI is InChI=1S/C39H33N3O6S/c1-4-46-30-20-18-28(19-21-30)35-33(38(44)47-5-2)34(27-10-7-6-8-11-27)41-39-42(35)37(43)32(49-39)22-29-12-9-13-31(45-3)36(29)48-24-26-16-14-25(23-40)15-17-26/h6-22,35H,4-5,24H2,1-3H3/b32-22-/t35-/m0/s1. The second kappa shape index (κ2) is 14.9. The zero-order valence-electron chi connectivity index (χ0n) is 27.2. The summed E-state index contributed by atoms with van der Waals surface area (Å²) in [4.78, 5) is 33.6. The lowest BCUT2D eigenvalue weighted by molar-refractivity contribution is -0.138. The Kier molecular flexibility index (Phi) is 10.0. The van der Waals surface area contributed by atoms with Crippen molar-refractivity contribution in [2.75, 3.05) is 20.3 Å². The molecule has 10 heteroatoms. The maximum Gasteiger partial charge on any atom is 0.338 e. The van der Waals surface area contributed by atoms with E-state index in [1.807, 2.05) is 85.8 Å². The molecule has 1 aromatic heterocycles. The van der Waals surface area contributed by atoms with Crippen molar-refractivity contribution >= 4 is 29.1 Å². The summed E-state index contributed by atoms with van der Waals surface area (Å²) in [5.41, 5.74) is 3.87. The highest BCUT2D eigenvalue weighted by molar-refractivity contribution is 7.07. The van der Waals surface area contributed by atoms with E-state index in [0.29, 0.717) is 55.6 Å². The second-order valence-corrected chi connectivity index (χ2v) is 11.9. The fourth-order valence-electron chi connectivity index (χ4n) is 5.60. The van der Waals surface area contributed by atoms with Crippen molar-refractivity contribution in [3.63, 3.8) is 0 Å². The predicted octanol–water partition coefficient (Wildman–Crippen LogP) is 5.79. The summed E-state index contributed by atoms with van der Waals surface area (Å²) >= 11 is 1.22. The van der Waals surface area contributed by atoms with Crippen LogP contribution in [0, 0.1) is 11.3 Å². The zero-order valence-corrected chi connectivity index (χ0v) is 28.0. The normalized spacial score (nSPS) is 14.0. The van der Waals surface area contributed by atoms with Gasteiger partial charge in [0.25, 0.3) is 5.56 Å². The Bertz CT molecular complexity index is 2230. The van der Waals surface area contributed by atoms with Gasteiger partial charge in [0.15, 0.2) is 16.3 Å². The summed E-state index contributed by atoms with van der Waals surface area (Å²) in [6, 6.07) is 30.7. The summed E-state index contributed by atoms with van der Waals surface area (Å²) in [5.74, 6) is 1.08. The first-order valence-corrected chi connectivity index (χ1v) is 16.6. The third-order valence-electron chi connectivity index (χ3n) is 7.86. The van der Waals surface area contributed by atoms with Crippen LogP contribution in [0.2, 0.25) is 0 Å². The highest BCUT2D eigenvalue weighted by Crippen LogP contribution is 2.36. The number of hydrogen-bond donors (Lipinski definition) is 0. The van der Waals surface area contributed by atoms with Gasteiger partial charge in [-0.1, -0.05) is 78.1 Å². The molecule has 0 bridgehead atoms. The monoisotopic (exact) mass is 671 g/mol. The molecule has 1 aliphatic rings. The fourth-order valence-corrected chi connectivity index (χ4v) is 6.59. The van der Waals surface area contributed by atoms with E-state index < -0.39 is 12.0 Å². The van der Waals surface area contributed by atoms with Crippen LogP contribution < -0.4 is 29.1 Å². The lowest BCUT2D eigenvalue weighted by Crippen LogP contribution is -2.40. The summed E-state index contributed by atoms with van der Waals surface area (Å²) in [6.07, 6.45) is 1.76. The number of aromatic nitrogens is 1. The highest BCUT2D eigenvalue weighted by atomic mass is 32.1. The number of ether oxygens (including phenoxy) is 4. The lowest BCUT2D eigenvalue weighted by Gasteiger charge is -2.26. The van der Waals surface area contributed by atoms with Crippen molar-refractivity contribution in [3.05, 3.63) is 150 Å². The molecule has 0 fully saturated rings. The van der Waals surface area contributed by atoms with Gasteiger partial charge in [-0.2, -0.15) is 5.26 Å². The maximum absolute atomic E-state index is 14.4. The van der Waals surface area contributed by atoms with Crippen LogP contribution in [0.4, 0.5) is 0 Å². The van der Waals surface area contributed by atoms with Gasteiger partial charge in [0.05, 0.1) is 53.8 Å². The number of hydrogen-bond acceptors (Lipinski definition) is 9. The van der Waals surface area contributed by atoms with Crippen LogP contribution >= 0.6 is 11.3 Å². The number of para-hydroxylation sites is 1. The number of methoxy groups -OCH3 is 1. The molecule has 0 aliphatic carbocycles. The highest BCUT2D eigenvalue weighted by Gasteiger charge is 2.35. The van der Waals surface area contributed by atoms with E-state index in [0.717, 1.165) is 11.1 Å². The number of fused-ring (bicyclic) bond motifs is 1. The summed E-state index contributed by atoms with van der Waals surface area (Å²) in [7, 11) is 1.56. The quantitative estimate of drug-likeness (QED) is 0.163. The molecule has 0 spiro atoms. The number of thiazole rings is 1. The van der Waals surface area contributed by atoms with E-state index in [4.69, 9.17) is 29.2 Å². The van der Waals surface area contributed by atoms with E-state index >= 15 is 0 Å². The van der Waals surface area contributed by atoms with Crippen LogP contribution in [-0.4, -0.2) is 30.9 Å². The average molecular weight is 672 g/mol. The van der Waals surface area contributed by atoms with Crippen molar-refractivity contribution in [1.29, 1.82) is 5.26 Å². The smallest absolute Gasteiger partial charge is 0.338 e. The first-order chi connectivity index (χ1) is 23.9. The van der Waals surface area contributed by atoms with Gasteiger partial charge in [-0.25, -0.2) is 9.79 Å². The van der Waals surface area contributed by atoms with Crippen LogP contribution in [0.1, 0.15) is 47.7 Å². The molecular formula is C39H33N3O6S. The molecule has 1 aliphatic heterocycles. The van der Waals surface area contributed by atoms with E-state index in [1.54, 1.807) is 42.9 Å². The lowest BCUT2D eigenvalue weighted by atomic mass is 9.93. The van der Waals surface area contributed by atoms with Gasteiger partial charge in [0, 0.05) is 11.1 Å². The fraction of sp³-hybridized carbons (Fsp3) is 0.179. The van der Waals surface area contributed by atoms with Gasteiger partial charge < -0.3 is 18.9 Å². The minimum absolute atomic E-state index is 0.159. The molecule has 9 nitrogen and oxygen atoms in total. The third-order valence-corrected chi connectivity index (χ3v) is 8.85. The Labute approximate surface area is 287 Å². The molecular weight excluding hydrogens is 639 g/mol. The van der Waals surface area contributed by atoms with Crippen molar-refractivity contribution in [1.82, 2.24) is 4.57 Å². The molecule has 1 atom stereocenters. The Balaban J connectivity index is 1.52. The van der Waals surface area contributed by atoms with Gasteiger partial charge in [-0.15, -0.1) is 0 Å². The first kappa shape index (κ1) is 33.0. The van der Waals surface area contributed by atoms with Crippen molar-refractivity contribution in [2.45, 2.75) is 26.5 Å². The van der Waals surface area contributed by atoms with Gasteiger partial charge in [-0.3, -0.25) is 9.36 Å². The minimum atomic E-state index is -0.819. The molecule has 0 radical (unpaired) electrons. The molecule has 0 saturated carbocycles. The molecule has 5 aromatic rings. The van der Waals surface area contributed by atoms with Crippen molar-refractivity contribution in [2.24, 2.45) is 4.99 Å². The van der Waals surface area contributed by atoms with Crippen molar-refractivity contribution < 1.29 is 23.7 Å². The van der Waals surface area contributed by atoms with E-state index in [1.165, 1.54) is 11.3 Å². The molecule has 0 amide bonds. The van der Waals surface area contributed by atoms with Crippen LogP contribution in [0.3, 0.4) is 0 Å². The third kappa shape index (κ3) is 6.89. The number of carbonyl (C=O) groups excluding carboxylic acids is 1. The number of rotatable bonds is 11. The van der Waals surface area contributed by atoms with E-state index in [2.05, 4.69) is 6.07 Å². The topological polar surface area (TPSA) is 112 Å². The average Bonchev–Trinajstić information content (AvgIpc) is 3.45. The van der Waals surface area contributed by atoms with E-state index in [9.17, 15) is 9.59 Å². The van der Waals surface area contributed by atoms with Crippen LogP contribution in [-0.2, 0) is 16.1 Å². The summed E-state index contributed by atoms with van der Waals surface area (Å²) in [5, 5.41) is 9.15. The molecule has 2 heterocycles. The van der Waals surface area contributed by atoms with E-state index in [-0.39, 0.29) is 24.3 Å². The van der Waals surface area contributed by atoms with Crippen molar-refractivity contribution in [3.8, 4) is 23.3 Å². The van der Waals surface area contributed by atoms with Gasteiger partial charge >= 0.3 is 5.97 Å². The molecule has 49 heavy (non-hydrogen) atoms. The number of benzene rings is 4. The molecule has 4 aromatic carbocycles. The molecule has 0 N–H and O–H groups in total. The largest absolute Gasteiger partial charge is 0.494 e. The second-order valence-electron chi connectivity index (χ2n) is 10.9. The minimum Gasteiger partial charge on any atom is -0.494 e. The van der Waals surface area contributed by atoms with Crippen LogP contribution in [0.15, 0.2) is 112 Å². The Hall–Kier alpha value is -5.92. The number of nitriles is 1. The Morgan fingerprint density at radius 1 is 0.939 bits per heavy atom. The molecule has 6 rings (SSSR count). The van der Waals surface area contributed by atoms with Crippen LogP contribution in [0.5, 0.6) is 17.2 Å². The summed E-state index contributed by atoms with van der Waals surface area (Å²) < 4.78 is 25.1. The number of carbonyl (C=O) groups is 1.